The van der Waals surface area contributed by atoms with E-state index in [1.807, 2.05) is 0 Å². The number of ether oxygens (including phenoxy) is 1. The molecule has 0 spiro atoms. The summed E-state index contributed by atoms with van der Waals surface area (Å²) in [5.41, 5.74) is -0.426. The average Bonchev–Trinajstić information content (AvgIpc) is 2.42. The molecule has 0 aliphatic carbocycles. The van der Waals surface area contributed by atoms with Crippen molar-refractivity contribution in [3.8, 4) is 11.4 Å². The largest absolute Gasteiger partial charge is 0.465 e. The van der Waals surface area contributed by atoms with E-state index in [2.05, 4.69) is 14.7 Å². The summed E-state index contributed by atoms with van der Waals surface area (Å²) in [5.74, 6) is -3.26. The summed E-state index contributed by atoms with van der Waals surface area (Å²) in [7, 11) is 1.09. The standard InChI is InChI=1S/C12H8F2N2O2/c1-18-12(17)9-7(3-4-8(13)10(9)14)11-15-5-2-6-16-11/h2-6H,1H3. The number of nitrogens with zero attached hydrogens (tertiary/aromatic N) is 2. The molecule has 0 radical (unpaired) electrons. The van der Waals surface area contributed by atoms with Gasteiger partial charge in [0, 0.05) is 18.0 Å². The minimum atomic E-state index is -1.27. The summed E-state index contributed by atoms with van der Waals surface area (Å²) >= 11 is 0. The lowest BCUT2D eigenvalue weighted by Crippen LogP contribution is -2.09. The van der Waals surface area contributed by atoms with Crippen LogP contribution in [0.15, 0.2) is 30.6 Å². The fraction of sp³-hybridized carbons (Fsp3) is 0.0833. The Morgan fingerprint density at radius 2 is 1.89 bits per heavy atom. The molecule has 18 heavy (non-hydrogen) atoms. The van der Waals surface area contributed by atoms with Crippen molar-refractivity contribution in [2.45, 2.75) is 0 Å². The molecular formula is C12H8F2N2O2. The number of hydrogen-bond donors (Lipinski definition) is 0. The molecule has 2 rings (SSSR count). The molecule has 0 atom stereocenters. The highest BCUT2D eigenvalue weighted by Crippen LogP contribution is 2.25. The van der Waals surface area contributed by atoms with Crippen LogP contribution >= 0.6 is 0 Å². The fourth-order valence-corrected chi connectivity index (χ4v) is 1.48. The van der Waals surface area contributed by atoms with Crippen LogP contribution in [0.5, 0.6) is 0 Å². The first-order valence-corrected chi connectivity index (χ1v) is 4.99. The minimum absolute atomic E-state index is 0.0846. The zero-order valence-electron chi connectivity index (χ0n) is 9.35. The molecule has 6 heteroatoms. The van der Waals surface area contributed by atoms with E-state index in [0.717, 1.165) is 13.2 Å². The van der Waals surface area contributed by atoms with Gasteiger partial charge in [0.25, 0.3) is 0 Å². The van der Waals surface area contributed by atoms with Gasteiger partial charge in [-0.25, -0.2) is 23.5 Å². The van der Waals surface area contributed by atoms with Crippen molar-refractivity contribution in [2.24, 2.45) is 0 Å². The lowest BCUT2D eigenvalue weighted by Gasteiger charge is -2.08. The van der Waals surface area contributed by atoms with E-state index < -0.39 is 23.2 Å². The Morgan fingerprint density at radius 1 is 1.22 bits per heavy atom. The fourth-order valence-electron chi connectivity index (χ4n) is 1.48. The van der Waals surface area contributed by atoms with Gasteiger partial charge in [0.15, 0.2) is 17.5 Å². The number of aromatic nitrogens is 2. The Hall–Kier alpha value is -2.37. The Kier molecular flexibility index (Phi) is 3.27. The van der Waals surface area contributed by atoms with Crippen LogP contribution in [-0.4, -0.2) is 23.0 Å². The van der Waals surface area contributed by atoms with E-state index in [1.54, 1.807) is 6.07 Å². The maximum Gasteiger partial charge on any atom is 0.341 e. The highest BCUT2D eigenvalue weighted by atomic mass is 19.2. The maximum absolute atomic E-state index is 13.7. The topological polar surface area (TPSA) is 52.1 Å². The van der Waals surface area contributed by atoms with Crippen molar-refractivity contribution in [1.29, 1.82) is 0 Å². The highest BCUT2D eigenvalue weighted by Gasteiger charge is 2.22. The number of esters is 1. The zero-order valence-corrected chi connectivity index (χ0v) is 9.35. The van der Waals surface area contributed by atoms with Gasteiger partial charge in [-0.1, -0.05) is 0 Å². The first-order valence-electron chi connectivity index (χ1n) is 4.99. The third kappa shape index (κ3) is 2.04. The van der Waals surface area contributed by atoms with Gasteiger partial charge in [-0.15, -0.1) is 0 Å². The number of carbonyl (C=O) groups is 1. The first-order chi connectivity index (χ1) is 8.65. The van der Waals surface area contributed by atoms with Gasteiger partial charge >= 0.3 is 5.97 Å². The molecule has 0 fully saturated rings. The molecule has 0 unspecified atom stereocenters. The molecule has 0 bridgehead atoms. The van der Waals surface area contributed by atoms with Crippen molar-refractivity contribution in [3.63, 3.8) is 0 Å². The second-order valence-corrected chi connectivity index (χ2v) is 3.35. The number of halogens is 2. The lowest BCUT2D eigenvalue weighted by molar-refractivity contribution is 0.0595. The molecule has 4 nitrogen and oxygen atoms in total. The van der Waals surface area contributed by atoms with Crippen molar-refractivity contribution < 1.29 is 18.3 Å². The van der Waals surface area contributed by atoms with Crippen LogP contribution < -0.4 is 0 Å². The zero-order chi connectivity index (χ0) is 13.1. The van der Waals surface area contributed by atoms with Crippen molar-refractivity contribution in [3.05, 3.63) is 47.8 Å². The van der Waals surface area contributed by atoms with Crippen LogP contribution in [0.25, 0.3) is 11.4 Å². The molecule has 0 saturated carbocycles. The summed E-state index contributed by atoms with van der Waals surface area (Å²) in [6, 6.07) is 3.72. The van der Waals surface area contributed by atoms with Gasteiger partial charge in [-0.2, -0.15) is 0 Å². The van der Waals surface area contributed by atoms with E-state index in [-0.39, 0.29) is 11.4 Å². The van der Waals surface area contributed by atoms with Gasteiger partial charge < -0.3 is 4.74 Å². The van der Waals surface area contributed by atoms with E-state index in [0.29, 0.717) is 0 Å². The summed E-state index contributed by atoms with van der Waals surface area (Å²) in [4.78, 5) is 19.3. The smallest absolute Gasteiger partial charge is 0.341 e. The van der Waals surface area contributed by atoms with Crippen molar-refractivity contribution in [2.75, 3.05) is 7.11 Å². The highest BCUT2D eigenvalue weighted by molar-refractivity contribution is 5.96. The van der Waals surface area contributed by atoms with Crippen molar-refractivity contribution in [1.82, 2.24) is 9.97 Å². The maximum atomic E-state index is 13.7. The average molecular weight is 250 g/mol. The number of hydrogen-bond acceptors (Lipinski definition) is 4. The van der Waals surface area contributed by atoms with Crippen LogP contribution in [0, 0.1) is 11.6 Å². The molecule has 1 heterocycles. The molecule has 0 saturated heterocycles. The Bertz CT molecular complexity index is 588. The van der Waals surface area contributed by atoms with Gasteiger partial charge in [0.1, 0.15) is 5.56 Å². The number of benzene rings is 1. The normalized spacial score (nSPS) is 10.2. The monoisotopic (exact) mass is 250 g/mol. The van der Waals surface area contributed by atoms with E-state index in [9.17, 15) is 13.6 Å². The summed E-state index contributed by atoms with van der Waals surface area (Å²) in [6.07, 6.45) is 2.87. The quantitative estimate of drug-likeness (QED) is 0.767. The third-order valence-corrected chi connectivity index (χ3v) is 2.29. The SMILES string of the molecule is COC(=O)c1c(-c2ncccn2)ccc(F)c1F. The molecule has 2 aromatic rings. The van der Waals surface area contributed by atoms with Crippen LogP contribution in [0.1, 0.15) is 10.4 Å². The molecule has 0 aliphatic heterocycles. The summed E-state index contributed by atoms with van der Waals surface area (Å²) in [5, 5.41) is 0. The van der Waals surface area contributed by atoms with E-state index >= 15 is 0 Å². The minimum Gasteiger partial charge on any atom is -0.465 e. The second kappa shape index (κ2) is 4.87. The van der Waals surface area contributed by atoms with Gasteiger partial charge in [-0.05, 0) is 18.2 Å². The van der Waals surface area contributed by atoms with Gasteiger partial charge in [-0.3, -0.25) is 0 Å². The molecule has 1 aromatic carbocycles. The number of carbonyl (C=O) groups excluding carboxylic acids is 1. The number of rotatable bonds is 2. The lowest BCUT2D eigenvalue weighted by atomic mass is 10.1. The predicted molar refractivity (Wildman–Crippen MR) is 58.7 cm³/mol. The Morgan fingerprint density at radius 3 is 2.50 bits per heavy atom. The molecule has 0 amide bonds. The van der Waals surface area contributed by atoms with Crippen LogP contribution in [0.2, 0.25) is 0 Å². The Labute approximate surface area is 101 Å². The molecule has 92 valence electrons. The first kappa shape index (κ1) is 12.1. The van der Waals surface area contributed by atoms with Crippen molar-refractivity contribution >= 4 is 5.97 Å². The third-order valence-electron chi connectivity index (χ3n) is 2.29. The number of methoxy groups -OCH3 is 1. The Balaban J connectivity index is 2.68. The van der Waals surface area contributed by atoms with Crippen LogP contribution in [-0.2, 0) is 4.74 Å². The predicted octanol–water partition coefficient (Wildman–Crippen LogP) is 2.21. The van der Waals surface area contributed by atoms with Gasteiger partial charge in [0.05, 0.1) is 7.11 Å². The molecule has 0 N–H and O–H groups in total. The van der Waals surface area contributed by atoms with E-state index in [1.165, 1.54) is 18.5 Å². The van der Waals surface area contributed by atoms with Crippen LogP contribution in [0.4, 0.5) is 8.78 Å². The summed E-state index contributed by atoms with van der Waals surface area (Å²) in [6.45, 7) is 0. The van der Waals surface area contributed by atoms with E-state index in [4.69, 9.17) is 0 Å². The summed E-state index contributed by atoms with van der Waals surface area (Å²) < 4.78 is 31.2. The van der Waals surface area contributed by atoms with Crippen LogP contribution in [0.3, 0.4) is 0 Å². The second-order valence-electron chi connectivity index (χ2n) is 3.35. The van der Waals surface area contributed by atoms with Gasteiger partial charge in [0.2, 0.25) is 0 Å². The molecular weight excluding hydrogens is 242 g/mol. The molecule has 1 aromatic heterocycles. The molecule has 0 aliphatic rings.